The van der Waals surface area contributed by atoms with Gasteiger partial charge in [-0.05, 0) is 60.9 Å². The molecule has 0 fully saturated rings. The Bertz CT molecular complexity index is 915. The Morgan fingerprint density at radius 1 is 0.649 bits per heavy atom. The molecular formula is C32H44O5. The summed E-state index contributed by atoms with van der Waals surface area (Å²) in [5, 5.41) is 0. The van der Waals surface area contributed by atoms with Crippen LogP contribution in [0.25, 0.3) is 6.08 Å². The van der Waals surface area contributed by atoms with Gasteiger partial charge in [0.25, 0.3) is 0 Å². The van der Waals surface area contributed by atoms with Crippen molar-refractivity contribution in [2.45, 2.75) is 90.9 Å². The lowest BCUT2D eigenvalue weighted by Gasteiger charge is -2.07. The minimum absolute atomic E-state index is 0.313. The van der Waals surface area contributed by atoms with E-state index >= 15 is 0 Å². The third-order valence-electron chi connectivity index (χ3n) is 6.10. The fourth-order valence-corrected chi connectivity index (χ4v) is 3.85. The molecule has 0 saturated carbocycles. The normalized spacial score (nSPS) is 11.0. The average Bonchev–Trinajstić information content (AvgIpc) is 2.92. The lowest BCUT2D eigenvalue weighted by Crippen LogP contribution is -2.06. The van der Waals surface area contributed by atoms with Crippen LogP contribution in [0, 0.1) is 0 Å². The highest BCUT2D eigenvalue weighted by atomic mass is 16.5. The van der Waals surface area contributed by atoms with Gasteiger partial charge in [0, 0.05) is 6.08 Å². The molecule has 0 aromatic heterocycles. The molecule has 2 aromatic carbocycles. The number of benzene rings is 2. The molecule has 0 N–H and O–H groups in total. The van der Waals surface area contributed by atoms with E-state index in [-0.39, 0.29) is 5.97 Å². The maximum Gasteiger partial charge on any atom is 0.338 e. The van der Waals surface area contributed by atoms with Gasteiger partial charge in [-0.3, -0.25) is 0 Å². The topological polar surface area (TPSA) is 61.8 Å². The molecule has 5 heteroatoms. The summed E-state index contributed by atoms with van der Waals surface area (Å²) in [4.78, 5) is 24.4. The second-order valence-corrected chi connectivity index (χ2v) is 9.37. The Balaban J connectivity index is 1.64. The molecule has 0 bridgehead atoms. The van der Waals surface area contributed by atoms with Gasteiger partial charge in [0.2, 0.25) is 0 Å². The maximum atomic E-state index is 12.2. The van der Waals surface area contributed by atoms with E-state index < -0.39 is 5.97 Å². The molecule has 0 atom stereocenters. The van der Waals surface area contributed by atoms with Crippen LogP contribution in [0.1, 0.15) is 107 Å². The Labute approximate surface area is 223 Å². The largest absolute Gasteiger partial charge is 0.494 e. The molecule has 2 rings (SSSR count). The van der Waals surface area contributed by atoms with Gasteiger partial charge in [0.15, 0.2) is 0 Å². The smallest absolute Gasteiger partial charge is 0.338 e. The zero-order valence-electron chi connectivity index (χ0n) is 22.7. The number of unbranched alkanes of at least 4 members (excludes halogenated alkanes) is 10. The van der Waals surface area contributed by atoms with E-state index in [2.05, 4.69) is 13.8 Å². The minimum Gasteiger partial charge on any atom is -0.494 e. The van der Waals surface area contributed by atoms with Crippen molar-refractivity contribution in [2.75, 3.05) is 13.2 Å². The zero-order valence-corrected chi connectivity index (χ0v) is 22.7. The molecule has 0 aliphatic heterocycles. The highest BCUT2D eigenvalue weighted by molar-refractivity contribution is 5.91. The minimum atomic E-state index is -0.471. The van der Waals surface area contributed by atoms with Crippen molar-refractivity contribution in [2.24, 2.45) is 0 Å². The first kappa shape index (κ1) is 30.1. The van der Waals surface area contributed by atoms with E-state index in [0.717, 1.165) is 43.4 Å². The maximum absolute atomic E-state index is 12.2. The highest BCUT2D eigenvalue weighted by Crippen LogP contribution is 2.18. The van der Waals surface area contributed by atoms with E-state index in [1.807, 2.05) is 0 Å². The molecule has 0 aliphatic carbocycles. The van der Waals surface area contributed by atoms with E-state index in [0.29, 0.717) is 24.5 Å². The van der Waals surface area contributed by atoms with Gasteiger partial charge in [-0.2, -0.15) is 0 Å². The number of rotatable bonds is 19. The van der Waals surface area contributed by atoms with Crippen molar-refractivity contribution in [3.8, 4) is 11.5 Å². The molecule has 5 nitrogen and oxygen atoms in total. The summed E-state index contributed by atoms with van der Waals surface area (Å²) in [7, 11) is 0. The van der Waals surface area contributed by atoms with E-state index in [4.69, 9.17) is 14.2 Å². The number of hydrogen-bond donors (Lipinski definition) is 0. The summed E-state index contributed by atoms with van der Waals surface area (Å²) in [5.41, 5.74) is 1.30. The van der Waals surface area contributed by atoms with Crippen molar-refractivity contribution < 1.29 is 23.8 Å². The lowest BCUT2D eigenvalue weighted by atomic mass is 10.1. The number of carbonyl (C=O) groups excluding carboxylic acids is 2. The molecule has 0 heterocycles. The van der Waals surface area contributed by atoms with Gasteiger partial charge in [0.1, 0.15) is 11.5 Å². The number of carbonyl (C=O) groups is 2. The summed E-state index contributed by atoms with van der Waals surface area (Å²) in [5.74, 6) is 0.437. The van der Waals surface area contributed by atoms with Crippen LogP contribution in [0.2, 0.25) is 0 Å². The molecule has 0 radical (unpaired) electrons. The summed E-state index contributed by atoms with van der Waals surface area (Å²) in [6.07, 6.45) is 17.4. The van der Waals surface area contributed by atoms with Crippen molar-refractivity contribution >= 4 is 18.0 Å². The summed E-state index contributed by atoms with van der Waals surface area (Å²) in [6, 6.07) is 14.0. The van der Waals surface area contributed by atoms with E-state index in [1.165, 1.54) is 51.0 Å². The SMILES string of the molecule is CCCCCCCCCCCOC(=O)c1ccc(C=CC(=O)Oc2ccc(OCCCCC)cc2)cc1. The Hall–Kier alpha value is -3.08. The van der Waals surface area contributed by atoms with Gasteiger partial charge in [-0.15, -0.1) is 0 Å². The zero-order chi connectivity index (χ0) is 26.6. The van der Waals surface area contributed by atoms with Gasteiger partial charge >= 0.3 is 11.9 Å². The van der Waals surface area contributed by atoms with Crippen LogP contribution in [0.4, 0.5) is 0 Å². The molecule has 0 saturated heterocycles. The van der Waals surface area contributed by atoms with E-state index in [1.54, 1.807) is 54.6 Å². The van der Waals surface area contributed by atoms with Gasteiger partial charge < -0.3 is 14.2 Å². The van der Waals surface area contributed by atoms with Crippen LogP contribution < -0.4 is 9.47 Å². The van der Waals surface area contributed by atoms with E-state index in [9.17, 15) is 9.59 Å². The summed E-state index contributed by atoms with van der Waals surface area (Å²) in [6.45, 7) is 5.53. The second kappa shape index (κ2) is 19.1. The Morgan fingerprint density at radius 3 is 1.84 bits per heavy atom. The second-order valence-electron chi connectivity index (χ2n) is 9.37. The first-order valence-corrected chi connectivity index (χ1v) is 14.0. The lowest BCUT2D eigenvalue weighted by molar-refractivity contribution is -0.128. The molecule has 0 amide bonds. The standard InChI is InChI=1S/C32H44O5/c1-3-5-7-8-9-10-11-12-14-26-36-32(34)28-18-15-27(16-19-28)17-24-31(33)37-30-22-20-29(21-23-30)35-25-13-6-4-2/h15-24H,3-14,25-26H2,1-2H3. The summed E-state index contributed by atoms with van der Waals surface area (Å²) >= 11 is 0. The molecule has 0 spiro atoms. The van der Waals surface area contributed by atoms with Crippen LogP contribution in [-0.4, -0.2) is 25.2 Å². The molecule has 0 unspecified atom stereocenters. The molecule has 202 valence electrons. The quantitative estimate of drug-likeness (QED) is 0.0823. The molecule has 0 aliphatic rings. The highest BCUT2D eigenvalue weighted by Gasteiger charge is 2.07. The van der Waals surface area contributed by atoms with Crippen molar-refractivity contribution in [3.63, 3.8) is 0 Å². The van der Waals surface area contributed by atoms with Crippen molar-refractivity contribution in [1.29, 1.82) is 0 Å². The molecule has 37 heavy (non-hydrogen) atoms. The van der Waals surface area contributed by atoms with Gasteiger partial charge in [-0.25, -0.2) is 9.59 Å². The van der Waals surface area contributed by atoms with Crippen LogP contribution in [0.3, 0.4) is 0 Å². The predicted molar refractivity (Wildman–Crippen MR) is 150 cm³/mol. The van der Waals surface area contributed by atoms with Crippen molar-refractivity contribution in [3.05, 3.63) is 65.7 Å². The fraction of sp³-hybridized carbons (Fsp3) is 0.500. The van der Waals surface area contributed by atoms with Crippen LogP contribution in [0.5, 0.6) is 11.5 Å². The van der Waals surface area contributed by atoms with Crippen molar-refractivity contribution in [1.82, 2.24) is 0 Å². The monoisotopic (exact) mass is 508 g/mol. The average molecular weight is 509 g/mol. The van der Waals surface area contributed by atoms with Gasteiger partial charge in [0.05, 0.1) is 18.8 Å². The van der Waals surface area contributed by atoms with Crippen LogP contribution in [0.15, 0.2) is 54.6 Å². The van der Waals surface area contributed by atoms with Gasteiger partial charge in [-0.1, -0.05) is 90.2 Å². The van der Waals surface area contributed by atoms with Crippen LogP contribution in [-0.2, 0) is 9.53 Å². The first-order valence-electron chi connectivity index (χ1n) is 14.0. The number of hydrogen-bond acceptors (Lipinski definition) is 5. The molecule has 2 aromatic rings. The predicted octanol–water partition coefficient (Wildman–Crippen LogP) is 8.56. The number of ether oxygens (including phenoxy) is 3. The third kappa shape index (κ3) is 13.7. The number of esters is 2. The fourth-order valence-electron chi connectivity index (χ4n) is 3.85. The Kier molecular flexibility index (Phi) is 15.6. The van der Waals surface area contributed by atoms with Crippen LogP contribution >= 0.6 is 0 Å². The summed E-state index contributed by atoms with van der Waals surface area (Å²) < 4.78 is 16.4. The molecular weight excluding hydrogens is 464 g/mol. The Morgan fingerprint density at radius 2 is 1.19 bits per heavy atom. The third-order valence-corrected chi connectivity index (χ3v) is 6.10. The first-order chi connectivity index (χ1) is 18.1.